The summed E-state index contributed by atoms with van der Waals surface area (Å²) in [4.78, 5) is 25.8. The van der Waals surface area contributed by atoms with Gasteiger partial charge in [-0.15, -0.1) is 0 Å². The minimum absolute atomic E-state index is 0.106. The third kappa shape index (κ3) is 4.28. The lowest BCUT2D eigenvalue weighted by molar-refractivity contribution is 0.0950. The highest BCUT2D eigenvalue weighted by Gasteiger charge is 2.19. The number of anilines is 2. The number of rotatable bonds is 5. The first-order chi connectivity index (χ1) is 13.8. The zero-order chi connectivity index (χ0) is 19.2. The van der Waals surface area contributed by atoms with Crippen molar-refractivity contribution in [1.82, 2.24) is 15.3 Å². The van der Waals surface area contributed by atoms with E-state index in [1.54, 1.807) is 6.20 Å². The van der Waals surface area contributed by atoms with Crippen LogP contribution in [0.25, 0.3) is 0 Å². The van der Waals surface area contributed by atoms with Gasteiger partial charge in [-0.2, -0.15) is 0 Å². The van der Waals surface area contributed by atoms with Gasteiger partial charge in [-0.3, -0.25) is 9.78 Å². The van der Waals surface area contributed by atoms with Gasteiger partial charge in [-0.1, -0.05) is 36.4 Å². The highest BCUT2D eigenvalue weighted by molar-refractivity contribution is 5.94. The Kier molecular flexibility index (Phi) is 5.47. The minimum Gasteiger partial charge on any atom is -0.367 e. The van der Waals surface area contributed by atoms with E-state index in [1.807, 2.05) is 67.0 Å². The number of aromatic nitrogens is 2. The predicted octanol–water partition coefficient (Wildman–Crippen LogP) is 2.73. The van der Waals surface area contributed by atoms with Crippen molar-refractivity contribution < 1.29 is 4.79 Å². The fourth-order valence-electron chi connectivity index (χ4n) is 3.34. The Labute approximate surface area is 164 Å². The number of amides is 1. The van der Waals surface area contributed by atoms with Gasteiger partial charge in [-0.05, 0) is 23.8 Å². The van der Waals surface area contributed by atoms with Crippen molar-refractivity contribution in [2.24, 2.45) is 0 Å². The molecular weight excluding hydrogens is 350 g/mol. The lowest BCUT2D eigenvalue weighted by Gasteiger charge is -2.36. The molecule has 1 N–H and O–H groups in total. The zero-order valence-corrected chi connectivity index (χ0v) is 15.7. The van der Waals surface area contributed by atoms with E-state index in [9.17, 15) is 4.79 Å². The summed E-state index contributed by atoms with van der Waals surface area (Å²) in [5.74, 6) is 0.902. The second-order valence-electron chi connectivity index (χ2n) is 6.76. The molecule has 1 fully saturated rings. The normalized spacial score (nSPS) is 14.0. The van der Waals surface area contributed by atoms with Gasteiger partial charge in [0.25, 0.3) is 5.91 Å². The van der Waals surface area contributed by atoms with Crippen molar-refractivity contribution in [2.45, 2.75) is 6.54 Å². The first-order valence-corrected chi connectivity index (χ1v) is 9.48. The van der Waals surface area contributed by atoms with Crippen LogP contribution in [0.15, 0.2) is 73.2 Å². The van der Waals surface area contributed by atoms with Crippen molar-refractivity contribution in [3.8, 4) is 0 Å². The average molecular weight is 373 g/mol. The van der Waals surface area contributed by atoms with Crippen molar-refractivity contribution in [2.75, 3.05) is 36.0 Å². The third-order valence-corrected chi connectivity index (χ3v) is 4.90. The highest BCUT2D eigenvalue weighted by Crippen LogP contribution is 2.19. The molecule has 0 spiro atoms. The van der Waals surface area contributed by atoms with Crippen LogP contribution in [0.5, 0.6) is 0 Å². The summed E-state index contributed by atoms with van der Waals surface area (Å²) in [6, 6.07) is 17.8. The maximum absolute atomic E-state index is 12.5. The van der Waals surface area contributed by atoms with Crippen LogP contribution in [-0.2, 0) is 6.54 Å². The maximum atomic E-state index is 12.5. The van der Waals surface area contributed by atoms with Gasteiger partial charge in [0.2, 0.25) is 0 Å². The summed E-state index contributed by atoms with van der Waals surface area (Å²) in [7, 11) is 0. The van der Waals surface area contributed by atoms with Gasteiger partial charge in [0, 0.05) is 45.1 Å². The van der Waals surface area contributed by atoms with Crippen molar-refractivity contribution in [3.05, 3.63) is 84.3 Å². The molecule has 142 valence electrons. The fraction of sp³-hybridized carbons (Fsp3) is 0.227. The van der Waals surface area contributed by atoms with Crippen molar-refractivity contribution in [1.29, 1.82) is 0 Å². The largest absolute Gasteiger partial charge is 0.367 e. The molecular formula is C22H23N5O. The maximum Gasteiger partial charge on any atom is 0.253 e. The molecule has 1 aliphatic heterocycles. The van der Waals surface area contributed by atoms with Gasteiger partial charge in [0.15, 0.2) is 0 Å². The lowest BCUT2D eigenvalue weighted by atomic mass is 10.2. The second-order valence-corrected chi connectivity index (χ2v) is 6.76. The summed E-state index contributed by atoms with van der Waals surface area (Å²) in [6.45, 7) is 4.02. The Morgan fingerprint density at radius 3 is 2.43 bits per heavy atom. The molecule has 3 aromatic rings. The van der Waals surface area contributed by atoms with Crippen molar-refractivity contribution in [3.63, 3.8) is 0 Å². The highest BCUT2D eigenvalue weighted by atomic mass is 16.1. The second kappa shape index (κ2) is 8.52. The monoisotopic (exact) mass is 373 g/mol. The molecule has 0 bridgehead atoms. The topological polar surface area (TPSA) is 61.4 Å². The Morgan fingerprint density at radius 1 is 0.929 bits per heavy atom. The van der Waals surface area contributed by atoms with E-state index in [2.05, 4.69) is 25.1 Å². The van der Waals surface area contributed by atoms with Gasteiger partial charge in [0.1, 0.15) is 5.82 Å². The number of hydrogen-bond donors (Lipinski definition) is 1. The molecule has 28 heavy (non-hydrogen) atoms. The molecule has 0 aliphatic carbocycles. The number of hydrogen-bond acceptors (Lipinski definition) is 5. The lowest BCUT2D eigenvalue weighted by Crippen LogP contribution is -2.46. The van der Waals surface area contributed by atoms with Gasteiger partial charge in [0.05, 0.1) is 17.4 Å². The number of nitrogens with zero attached hydrogens (tertiary/aromatic N) is 4. The Hall–Kier alpha value is -3.41. The minimum atomic E-state index is -0.106. The van der Waals surface area contributed by atoms with Crippen LogP contribution in [-0.4, -0.2) is 42.1 Å². The van der Waals surface area contributed by atoms with E-state index in [-0.39, 0.29) is 5.91 Å². The van der Waals surface area contributed by atoms with Gasteiger partial charge < -0.3 is 15.1 Å². The average Bonchev–Trinajstić information content (AvgIpc) is 2.79. The third-order valence-electron chi connectivity index (χ3n) is 4.90. The molecule has 1 saturated heterocycles. The number of pyridine rings is 2. The molecule has 0 saturated carbocycles. The summed E-state index contributed by atoms with van der Waals surface area (Å²) in [6.07, 6.45) is 5.27. The van der Waals surface area contributed by atoms with Crippen LogP contribution < -0.4 is 15.1 Å². The summed E-state index contributed by atoms with van der Waals surface area (Å²) >= 11 is 0. The number of carbonyl (C=O) groups is 1. The molecule has 6 heteroatoms. The van der Waals surface area contributed by atoms with Gasteiger partial charge in [-0.25, -0.2) is 4.98 Å². The van der Waals surface area contributed by atoms with E-state index in [0.717, 1.165) is 43.2 Å². The SMILES string of the molecule is O=C(NCc1ccccc1)c1cncc(N2CCN(c3ccccn3)CC2)c1. The van der Waals surface area contributed by atoms with Crippen LogP contribution in [0.3, 0.4) is 0 Å². The van der Waals surface area contributed by atoms with E-state index >= 15 is 0 Å². The molecule has 2 aromatic heterocycles. The molecule has 1 amide bonds. The Balaban J connectivity index is 1.37. The van der Waals surface area contributed by atoms with Crippen LogP contribution in [0.4, 0.5) is 11.5 Å². The molecule has 1 aromatic carbocycles. The Bertz CT molecular complexity index is 908. The first kappa shape index (κ1) is 18.0. The Morgan fingerprint density at radius 2 is 1.68 bits per heavy atom. The number of piperazine rings is 1. The van der Waals surface area contributed by atoms with Crippen LogP contribution in [0.2, 0.25) is 0 Å². The van der Waals surface area contributed by atoms with Crippen molar-refractivity contribution >= 4 is 17.4 Å². The van der Waals surface area contributed by atoms with Crippen LogP contribution in [0, 0.1) is 0 Å². The van der Waals surface area contributed by atoms with E-state index in [0.29, 0.717) is 12.1 Å². The molecule has 0 atom stereocenters. The molecule has 1 aliphatic rings. The van der Waals surface area contributed by atoms with Gasteiger partial charge >= 0.3 is 0 Å². The smallest absolute Gasteiger partial charge is 0.253 e. The standard InChI is InChI=1S/C22H23N5O/c28-22(25-15-18-6-2-1-3-7-18)19-14-20(17-23-16-19)26-10-12-27(13-11-26)21-8-4-5-9-24-21/h1-9,14,16-17H,10-13,15H2,(H,25,28). The summed E-state index contributed by atoms with van der Waals surface area (Å²) in [5.41, 5.74) is 2.64. The quantitative estimate of drug-likeness (QED) is 0.745. The number of carbonyl (C=O) groups excluding carboxylic acids is 1. The van der Waals surface area contributed by atoms with Crippen LogP contribution in [0.1, 0.15) is 15.9 Å². The zero-order valence-electron chi connectivity index (χ0n) is 15.7. The number of benzene rings is 1. The van der Waals surface area contributed by atoms with E-state index < -0.39 is 0 Å². The predicted molar refractivity (Wildman–Crippen MR) is 111 cm³/mol. The molecule has 6 nitrogen and oxygen atoms in total. The molecule has 0 radical (unpaired) electrons. The summed E-state index contributed by atoms with van der Waals surface area (Å²) in [5, 5.41) is 2.96. The molecule has 0 unspecified atom stereocenters. The first-order valence-electron chi connectivity index (χ1n) is 9.48. The van der Waals surface area contributed by atoms with E-state index in [4.69, 9.17) is 0 Å². The molecule has 3 heterocycles. The number of nitrogens with one attached hydrogen (secondary N) is 1. The fourth-order valence-corrected chi connectivity index (χ4v) is 3.34. The summed E-state index contributed by atoms with van der Waals surface area (Å²) < 4.78 is 0. The van der Waals surface area contributed by atoms with E-state index in [1.165, 1.54) is 0 Å². The molecule has 4 rings (SSSR count). The van der Waals surface area contributed by atoms with Crippen LogP contribution >= 0.6 is 0 Å².